The first-order chi connectivity index (χ1) is 6.88. The third kappa shape index (κ3) is 3.23. The van der Waals surface area contributed by atoms with Gasteiger partial charge >= 0.3 is 0 Å². The Balaban J connectivity index is 1.53. The molecule has 2 rings (SSSR count). The fraction of sp³-hybridized carbons (Fsp3) is 1.00. The van der Waals surface area contributed by atoms with Gasteiger partial charge in [0, 0.05) is 32.3 Å². The Morgan fingerprint density at radius 2 is 2.14 bits per heavy atom. The van der Waals surface area contributed by atoms with E-state index in [9.17, 15) is 0 Å². The summed E-state index contributed by atoms with van der Waals surface area (Å²) in [5, 5.41) is 12.4. The summed E-state index contributed by atoms with van der Waals surface area (Å²) in [4.78, 5) is 2.52. The molecule has 3 heteroatoms. The fourth-order valence-electron chi connectivity index (χ4n) is 2.25. The summed E-state index contributed by atoms with van der Waals surface area (Å²) in [6.07, 6.45) is 5.04. The molecule has 3 nitrogen and oxygen atoms in total. The van der Waals surface area contributed by atoms with Crippen LogP contribution in [0.1, 0.15) is 25.7 Å². The second kappa shape index (κ2) is 5.10. The second-order valence-electron chi connectivity index (χ2n) is 4.70. The summed E-state index contributed by atoms with van der Waals surface area (Å²) in [5.74, 6) is 0.751. The van der Waals surface area contributed by atoms with Crippen molar-refractivity contribution in [3.63, 3.8) is 0 Å². The third-order valence-electron chi connectivity index (χ3n) is 3.35. The van der Waals surface area contributed by atoms with E-state index >= 15 is 0 Å². The maximum atomic E-state index is 8.84. The Morgan fingerprint density at radius 3 is 2.86 bits per heavy atom. The number of rotatable bonds is 6. The molecular weight excluding hydrogens is 176 g/mol. The lowest BCUT2D eigenvalue weighted by Crippen LogP contribution is -2.31. The van der Waals surface area contributed by atoms with Crippen LogP contribution < -0.4 is 5.32 Å². The minimum atomic E-state index is 0.360. The number of likely N-dealkylation sites (tertiary alicyclic amines) is 1. The number of nitrogens with zero attached hydrogens (tertiary/aromatic N) is 1. The van der Waals surface area contributed by atoms with Crippen molar-refractivity contribution in [1.29, 1.82) is 0 Å². The van der Waals surface area contributed by atoms with Gasteiger partial charge in [-0.2, -0.15) is 0 Å². The molecule has 82 valence electrons. The van der Waals surface area contributed by atoms with Gasteiger partial charge in [-0.15, -0.1) is 0 Å². The maximum absolute atomic E-state index is 8.84. The Kier molecular flexibility index (Phi) is 3.79. The molecule has 1 atom stereocenters. The number of hydrogen-bond acceptors (Lipinski definition) is 3. The van der Waals surface area contributed by atoms with Gasteiger partial charge in [0.15, 0.2) is 0 Å². The molecule has 2 N–H and O–H groups in total. The van der Waals surface area contributed by atoms with Crippen LogP contribution in [0.2, 0.25) is 0 Å². The largest absolute Gasteiger partial charge is 0.396 e. The highest BCUT2D eigenvalue weighted by molar-refractivity contribution is 4.82. The predicted molar refractivity (Wildman–Crippen MR) is 57.3 cm³/mol. The number of aliphatic hydroxyl groups is 1. The van der Waals surface area contributed by atoms with E-state index in [-0.39, 0.29) is 0 Å². The molecule has 1 saturated heterocycles. The fourth-order valence-corrected chi connectivity index (χ4v) is 2.25. The topological polar surface area (TPSA) is 35.5 Å². The molecule has 0 aromatic heterocycles. The molecular formula is C11H22N2O. The summed E-state index contributed by atoms with van der Waals surface area (Å²) in [6, 6.07) is 0.839. The van der Waals surface area contributed by atoms with Gasteiger partial charge in [0.05, 0.1) is 0 Å². The van der Waals surface area contributed by atoms with Crippen molar-refractivity contribution < 1.29 is 5.11 Å². The van der Waals surface area contributed by atoms with Gasteiger partial charge in [-0.05, 0) is 38.1 Å². The molecule has 1 saturated carbocycles. The van der Waals surface area contributed by atoms with E-state index in [0.717, 1.165) is 24.9 Å². The van der Waals surface area contributed by atoms with Crippen LogP contribution in [0.3, 0.4) is 0 Å². The molecule has 0 aromatic carbocycles. The van der Waals surface area contributed by atoms with Crippen LogP contribution in [0.4, 0.5) is 0 Å². The lowest BCUT2D eigenvalue weighted by Gasteiger charge is -2.15. The van der Waals surface area contributed by atoms with Crippen molar-refractivity contribution in [2.75, 3.05) is 32.8 Å². The minimum absolute atomic E-state index is 0.360. The van der Waals surface area contributed by atoms with Crippen LogP contribution in [-0.4, -0.2) is 48.8 Å². The molecule has 14 heavy (non-hydrogen) atoms. The quantitative estimate of drug-likeness (QED) is 0.650. The molecule has 0 bridgehead atoms. The molecule has 1 aliphatic heterocycles. The number of nitrogens with one attached hydrogen (secondary N) is 1. The van der Waals surface area contributed by atoms with Crippen LogP contribution >= 0.6 is 0 Å². The first kappa shape index (κ1) is 10.4. The Bertz CT molecular complexity index is 171. The average molecular weight is 198 g/mol. The standard InChI is InChI=1S/C11H22N2O/c14-8-4-10-3-6-13(9-10)7-5-12-11-1-2-11/h10-12,14H,1-9H2. The summed E-state index contributed by atoms with van der Waals surface area (Å²) in [6.45, 7) is 5.14. The molecule has 0 radical (unpaired) electrons. The van der Waals surface area contributed by atoms with Crippen LogP contribution in [0.15, 0.2) is 0 Å². The lowest BCUT2D eigenvalue weighted by atomic mass is 10.1. The SMILES string of the molecule is OCCC1CCN(CCNC2CC2)C1. The van der Waals surface area contributed by atoms with E-state index in [1.807, 2.05) is 0 Å². The zero-order valence-electron chi connectivity index (χ0n) is 8.91. The van der Waals surface area contributed by atoms with Gasteiger partial charge < -0.3 is 15.3 Å². The molecule has 0 amide bonds. The number of aliphatic hydroxyl groups excluding tert-OH is 1. The van der Waals surface area contributed by atoms with Crippen molar-refractivity contribution in [2.24, 2.45) is 5.92 Å². The highest BCUT2D eigenvalue weighted by Gasteiger charge is 2.23. The van der Waals surface area contributed by atoms with Gasteiger partial charge in [0.1, 0.15) is 0 Å². The lowest BCUT2D eigenvalue weighted by molar-refractivity contribution is 0.251. The summed E-state index contributed by atoms with van der Waals surface area (Å²) >= 11 is 0. The van der Waals surface area contributed by atoms with E-state index in [1.165, 1.54) is 38.9 Å². The second-order valence-corrected chi connectivity index (χ2v) is 4.70. The third-order valence-corrected chi connectivity index (χ3v) is 3.35. The zero-order valence-corrected chi connectivity index (χ0v) is 8.91. The summed E-state index contributed by atoms with van der Waals surface area (Å²) in [5.41, 5.74) is 0. The van der Waals surface area contributed by atoms with Crippen LogP contribution in [0.5, 0.6) is 0 Å². The van der Waals surface area contributed by atoms with Gasteiger partial charge in [-0.1, -0.05) is 0 Å². The molecule has 1 unspecified atom stereocenters. The number of hydrogen-bond donors (Lipinski definition) is 2. The van der Waals surface area contributed by atoms with Crippen LogP contribution in [0.25, 0.3) is 0 Å². The van der Waals surface area contributed by atoms with Gasteiger partial charge in [0.25, 0.3) is 0 Å². The maximum Gasteiger partial charge on any atom is 0.0434 e. The Morgan fingerprint density at radius 1 is 1.29 bits per heavy atom. The van der Waals surface area contributed by atoms with E-state index in [1.54, 1.807) is 0 Å². The van der Waals surface area contributed by atoms with Gasteiger partial charge in [0.2, 0.25) is 0 Å². The van der Waals surface area contributed by atoms with Crippen molar-refractivity contribution in [3.05, 3.63) is 0 Å². The van der Waals surface area contributed by atoms with Crippen molar-refractivity contribution >= 4 is 0 Å². The summed E-state index contributed by atoms with van der Waals surface area (Å²) < 4.78 is 0. The first-order valence-electron chi connectivity index (χ1n) is 5.95. The Labute approximate surface area is 86.5 Å². The summed E-state index contributed by atoms with van der Waals surface area (Å²) in [7, 11) is 0. The highest BCUT2D eigenvalue weighted by Crippen LogP contribution is 2.20. The van der Waals surface area contributed by atoms with Gasteiger partial charge in [-0.25, -0.2) is 0 Å². The van der Waals surface area contributed by atoms with E-state index in [4.69, 9.17) is 5.11 Å². The molecule has 1 aliphatic carbocycles. The van der Waals surface area contributed by atoms with Crippen LogP contribution in [-0.2, 0) is 0 Å². The molecule has 0 spiro atoms. The predicted octanol–water partition coefficient (Wildman–Crippen LogP) is 0.443. The Hall–Kier alpha value is -0.120. The average Bonchev–Trinajstić information content (AvgIpc) is 2.88. The molecule has 1 heterocycles. The normalized spacial score (nSPS) is 28.5. The van der Waals surface area contributed by atoms with E-state index in [0.29, 0.717) is 6.61 Å². The molecule has 2 fully saturated rings. The molecule has 2 aliphatic rings. The van der Waals surface area contributed by atoms with E-state index in [2.05, 4.69) is 10.2 Å². The minimum Gasteiger partial charge on any atom is -0.396 e. The van der Waals surface area contributed by atoms with Gasteiger partial charge in [-0.3, -0.25) is 0 Å². The first-order valence-corrected chi connectivity index (χ1v) is 5.95. The van der Waals surface area contributed by atoms with Crippen molar-refractivity contribution in [1.82, 2.24) is 10.2 Å². The zero-order chi connectivity index (χ0) is 9.80. The molecule has 0 aromatic rings. The smallest absolute Gasteiger partial charge is 0.0434 e. The highest BCUT2D eigenvalue weighted by atomic mass is 16.3. The monoisotopic (exact) mass is 198 g/mol. The van der Waals surface area contributed by atoms with E-state index < -0.39 is 0 Å². The van der Waals surface area contributed by atoms with Crippen molar-refractivity contribution in [2.45, 2.75) is 31.7 Å². The van der Waals surface area contributed by atoms with Crippen molar-refractivity contribution in [3.8, 4) is 0 Å². The van der Waals surface area contributed by atoms with Crippen LogP contribution in [0, 0.1) is 5.92 Å².